The predicted molar refractivity (Wildman–Crippen MR) is 84.1 cm³/mol. The SMILES string of the molecule is COC(=O)C1=C(C)NC(=S)NC1c1ccc(OC(C)=O)cc1. The molecule has 0 radical (unpaired) electrons. The Balaban J connectivity index is 2.35. The molecule has 1 aromatic rings. The molecule has 1 aromatic carbocycles. The molecule has 1 aliphatic heterocycles. The van der Waals surface area contributed by atoms with Crippen molar-refractivity contribution in [2.45, 2.75) is 19.9 Å². The van der Waals surface area contributed by atoms with Crippen LogP contribution in [0.3, 0.4) is 0 Å². The van der Waals surface area contributed by atoms with Gasteiger partial charge in [-0.3, -0.25) is 4.79 Å². The maximum absolute atomic E-state index is 12.0. The van der Waals surface area contributed by atoms with Crippen LogP contribution >= 0.6 is 12.2 Å². The summed E-state index contributed by atoms with van der Waals surface area (Å²) >= 11 is 5.14. The van der Waals surface area contributed by atoms with Gasteiger partial charge in [-0.1, -0.05) is 12.1 Å². The Morgan fingerprint density at radius 2 is 1.86 bits per heavy atom. The van der Waals surface area contributed by atoms with Crippen LogP contribution in [0.15, 0.2) is 35.5 Å². The summed E-state index contributed by atoms with van der Waals surface area (Å²) in [7, 11) is 1.33. The number of allylic oxidation sites excluding steroid dienone is 1. The van der Waals surface area contributed by atoms with Crippen LogP contribution in [0.5, 0.6) is 5.75 Å². The lowest BCUT2D eigenvalue weighted by Gasteiger charge is -2.29. The number of benzene rings is 1. The van der Waals surface area contributed by atoms with E-state index in [0.29, 0.717) is 22.1 Å². The number of thiocarbonyl (C=S) groups is 1. The Morgan fingerprint density at radius 1 is 1.23 bits per heavy atom. The number of ether oxygens (including phenoxy) is 2. The van der Waals surface area contributed by atoms with Gasteiger partial charge in [-0.15, -0.1) is 0 Å². The van der Waals surface area contributed by atoms with Gasteiger partial charge in [0.1, 0.15) is 5.75 Å². The van der Waals surface area contributed by atoms with Crippen molar-refractivity contribution in [3.05, 3.63) is 41.1 Å². The quantitative estimate of drug-likeness (QED) is 0.497. The molecule has 0 fully saturated rings. The minimum atomic E-state index is -0.436. The van der Waals surface area contributed by atoms with Crippen LogP contribution < -0.4 is 15.4 Å². The zero-order valence-electron chi connectivity index (χ0n) is 12.4. The van der Waals surface area contributed by atoms with E-state index in [1.54, 1.807) is 31.2 Å². The van der Waals surface area contributed by atoms with E-state index in [1.807, 2.05) is 0 Å². The summed E-state index contributed by atoms with van der Waals surface area (Å²) in [6.07, 6.45) is 0. The normalized spacial score (nSPS) is 17.4. The van der Waals surface area contributed by atoms with Crippen molar-refractivity contribution in [2.75, 3.05) is 7.11 Å². The molecule has 2 N–H and O–H groups in total. The third kappa shape index (κ3) is 3.43. The highest BCUT2D eigenvalue weighted by molar-refractivity contribution is 7.80. The highest BCUT2D eigenvalue weighted by Gasteiger charge is 2.30. The molecule has 1 heterocycles. The average Bonchev–Trinajstić information content (AvgIpc) is 2.46. The number of hydrogen-bond donors (Lipinski definition) is 2. The first-order valence-corrected chi connectivity index (χ1v) is 6.98. The molecule has 0 saturated heterocycles. The van der Waals surface area contributed by atoms with Crippen molar-refractivity contribution < 1.29 is 19.1 Å². The van der Waals surface area contributed by atoms with Crippen LogP contribution in [-0.2, 0) is 14.3 Å². The summed E-state index contributed by atoms with van der Waals surface area (Å²) in [5.74, 6) is -0.387. The van der Waals surface area contributed by atoms with Gasteiger partial charge >= 0.3 is 11.9 Å². The van der Waals surface area contributed by atoms with Gasteiger partial charge in [0.05, 0.1) is 18.7 Å². The summed E-state index contributed by atoms with van der Waals surface area (Å²) in [6, 6.07) is 6.43. The standard InChI is InChI=1S/C15H16N2O4S/c1-8-12(14(19)20-3)13(17-15(22)16-8)10-4-6-11(7-5-10)21-9(2)18/h4-7,13H,1-3H3,(H2,16,17,22). The van der Waals surface area contributed by atoms with Crippen LogP contribution in [0.2, 0.25) is 0 Å². The van der Waals surface area contributed by atoms with Gasteiger partial charge in [-0.25, -0.2) is 4.79 Å². The number of hydrogen-bond acceptors (Lipinski definition) is 5. The van der Waals surface area contributed by atoms with Crippen LogP contribution in [0.1, 0.15) is 25.5 Å². The van der Waals surface area contributed by atoms with Crippen molar-refractivity contribution in [1.82, 2.24) is 10.6 Å². The van der Waals surface area contributed by atoms with E-state index in [9.17, 15) is 9.59 Å². The molecule has 0 bridgehead atoms. The first-order valence-electron chi connectivity index (χ1n) is 6.57. The highest BCUT2D eigenvalue weighted by atomic mass is 32.1. The summed E-state index contributed by atoms with van der Waals surface area (Å²) in [4.78, 5) is 22.9. The van der Waals surface area contributed by atoms with E-state index < -0.39 is 12.0 Å². The Bertz CT molecular complexity index is 652. The molecule has 1 atom stereocenters. The first kappa shape index (κ1) is 16.0. The van der Waals surface area contributed by atoms with E-state index in [0.717, 1.165) is 5.56 Å². The molecule has 116 valence electrons. The molecule has 0 saturated carbocycles. The molecular formula is C15H16N2O4S. The Kier molecular flexibility index (Phi) is 4.77. The van der Waals surface area contributed by atoms with E-state index in [2.05, 4.69) is 10.6 Å². The number of methoxy groups -OCH3 is 1. The van der Waals surface area contributed by atoms with Gasteiger partial charge < -0.3 is 20.1 Å². The third-order valence-electron chi connectivity index (χ3n) is 3.15. The Hall–Kier alpha value is -2.41. The lowest BCUT2D eigenvalue weighted by Crippen LogP contribution is -2.45. The Labute approximate surface area is 133 Å². The number of nitrogens with one attached hydrogen (secondary N) is 2. The van der Waals surface area contributed by atoms with Gasteiger partial charge in [0, 0.05) is 12.6 Å². The van der Waals surface area contributed by atoms with Crippen molar-refractivity contribution >= 4 is 29.3 Å². The topological polar surface area (TPSA) is 76.7 Å². The van der Waals surface area contributed by atoms with Crippen LogP contribution in [0.4, 0.5) is 0 Å². The molecule has 0 spiro atoms. The lowest BCUT2D eigenvalue weighted by atomic mass is 9.95. The summed E-state index contributed by atoms with van der Waals surface area (Å²) < 4.78 is 9.83. The molecule has 2 rings (SSSR count). The monoisotopic (exact) mass is 320 g/mol. The molecule has 7 heteroatoms. The fraction of sp³-hybridized carbons (Fsp3) is 0.267. The number of carbonyl (C=O) groups is 2. The minimum Gasteiger partial charge on any atom is -0.466 e. The molecule has 0 aromatic heterocycles. The fourth-order valence-electron chi connectivity index (χ4n) is 2.22. The van der Waals surface area contributed by atoms with Crippen LogP contribution in [0.25, 0.3) is 0 Å². The average molecular weight is 320 g/mol. The summed E-state index contributed by atoms with van der Waals surface area (Å²) in [5.41, 5.74) is 1.90. The molecule has 1 aliphatic rings. The third-order valence-corrected chi connectivity index (χ3v) is 3.37. The second kappa shape index (κ2) is 6.57. The van der Waals surface area contributed by atoms with Crippen LogP contribution in [0, 0.1) is 0 Å². The smallest absolute Gasteiger partial charge is 0.337 e. The van der Waals surface area contributed by atoms with Crippen molar-refractivity contribution in [3.63, 3.8) is 0 Å². The summed E-state index contributed by atoms with van der Waals surface area (Å²) in [6.45, 7) is 3.10. The molecule has 1 unspecified atom stereocenters. The van der Waals surface area contributed by atoms with E-state index in [1.165, 1.54) is 14.0 Å². The zero-order valence-corrected chi connectivity index (χ0v) is 13.2. The van der Waals surface area contributed by atoms with E-state index in [4.69, 9.17) is 21.7 Å². The maximum atomic E-state index is 12.0. The molecule has 0 amide bonds. The highest BCUT2D eigenvalue weighted by Crippen LogP contribution is 2.28. The van der Waals surface area contributed by atoms with E-state index >= 15 is 0 Å². The molecular weight excluding hydrogens is 304 g/mol. The first-order chi connectivity index (χ1) is 10.4. The number of carbonyl (C=O) groups excluding carboxylic acids is 2. The molecule has 0 aliphatic carbocycles. The van der Waals surface area contributed by atoms with Gasteiger partial charge in [0.2, 0.25) is 0 Å². The zero-order chi connectivity index (χ0) is 16.3. The largest absolute Gasteiger partial charge is 0.466 e. The molecule has 22 heavy (non-hydrogen) atoms. The van der Waals surface area contributed by atoms with Crippen molar-refractivity contribution in [1.29, 1.82) is 0 Å². The predicted octanol–water partition coefficient (Wildman–Crippen LogP) is 1.58. The second-order valence-electron chi connectivity index (χ2n) is 4.72. The fourth-order valence-corrected chi connectivity index (χ4v) is 2.49. The molecule has 6 nitrogen and oxygen atoms in total. The second-order valence-corrected chi connectivity index (χ2v) is 5.13. The van der Waals surface area contributed by atoms with E-state index in [-0.39, 0.29) is 5.97 Å². The van der Waals surface area contributed by atoms with Gasteiger partial charge in [0.25, 0.3) is 0 Å². The lowest BCUT2D eigenvalue weighted by molar-refractivity contribution is -0.136. The maximum Gasteiger partial charge on any atom is 0.337 e. The Morgan fingerprint density at radius 3 is 2.41 bits per heavy atom. The van der Waals surface area contributed by atoms with Crippen LogP contribution in [-0.4, -0.2) is 24.2 Å². The number of esters is 2. The van der Waals surface area contributed by atoms with Crippen molar-refractivity contribution in [2.24, 2.45) is 0 Å². The minimum absolute atomic E-state index is 0.389. The van der Waals surface area contributed by atoms with Gasteiger partial charge in [-0.05, 0) is 36.8 Å². The van der Waals surface area contributed by atoms with Crippen molar-refractivity contribution in [3.8, 4) is 5.75 Å². The summed E-state index contributed by atoms with van der Waals surface area (Å²) in [5, 5.41) is 6.38. The number of rotatable bonds is 3. The van der Waals surface area contributed by atoms with Gasteiger partial charge in [-0.2, -0.15) is 0 Å². The van der Waals surface area contributed by atoms with Gasteiger partial charge in [0.15, 0.2) is 5.11 Å².